The summed E-state index contributed by atoms with van der Waals surface area (Å²) < 4.78 is 5.38. The van der Waals surface area contributed by atoms with E-state index in [9.17, 15) is 9.59 Å². The SMILES string of the molecule is CC(C)(C)OC(=O)N1CCC[C@]2(CCC(=O)N2)C1. The fourth-order valence-electron chi connectivity index (χ4n) is 2.69. The topological polar surface area (TPSA) is 58.6 Å². The monoisotopic (exact) mass is 254 g/mol. The van der Waals surface area contributed by atoms with Crippen LogP contribution in [0.4, 0.5) is 4.79 Å². The van der Waals surface area contributed by atoms with Gasteiger partial charge in [0.05, 0.1) is 5.54 Å². The zero-order valence-corrected chi connectivity index (χ0v) is 11.4. The second-order valence-corrected chi connectivity index (χ2v) is 6.33. The molecule has 2 aliphatic rings. The molecule has 1 N–H and O–H groups in total. The molecule has 0 aromatic heterocycles. The van der Waals surface area contributed by atoms with Gasteiger partial charge in [-0.25, -0.2) is 4.79 Å². The van der Waals surface area contributed by atoms with Crippen LogP contribution in [0.1, 0.15) is 46.5 Å². The first kappa shape index (κ1) is 13.2. The molecule has 2 fully saturated rings. The molecule has 1 spiro atoms. The van der Waals surface area contributed by atoms with E-state index in [1.807, 2.05) is 20.8 Å². The largest absolute Gasteiger partial charge is 0.444 e. The highest BCUT2D eigenvalue weighted by molar-refractivity contribution is 5.79. The number of hydrogen-bond donors (Lipinski definition) is 1. The van der Waals surface area contributed by atoms with Crippen molar-refractivity contribution < 1.29 is 14.3 Å². The van der Waals surface area contributed by atoms with Crippen LogP contribution in [-0.2, 0) is 9.53 Å². The summed E-state index contributed by atoms with van der Waals surface area (Å²) in [6.07, 6.45) is 2.99. The van der Waals surface area contributed by atoms with Gasteiger partial charge < -0.3 is 15.0 Å². The molecule has 0 aromatic rings. The molecule has 2 saturated heterocycles. The summed E-state index contributed by atoms with van der Waals surface area (Å²) in [5.41, 5.74) is -0.674. The van der Waals surface area contributed by atoms with Gasteiger partial charge in [0.1, 0.15) is 5.60 Å². The van der Waals surface area contributed by atoms with Crippen LogP contribution in [0.5, 0.6) is 0 Å². The quantitative estimate of drug-likeness (QED) is 0.715. The summed E-state index contributed by atoms with van der Waals surface area (Å²) in [7, 11) is 0. The molecule has 5 nitrogen and oxygen atoms in total. The Kier molecular flexibility index (Phi) is 3.25. The molecule has 0 aromatic carbocycles. The number of hydrogen-bond acceptors (Lipinski definition) is 3. The number of amides is 2. The van der Waals surface area contributed by atoms with E-state index < -0.39 is 5.60 Å². The maximum absolute atomic E-state index is 12.0. The van der Waals surface area contributed by atoms with E-state index in [2.05, 4.69) is 5.32 Å². The lowest BCUT2D eigenvalue weighted by Gasteiger charge is -2.40. The van der Waals surface area contributed by atoms with Crippen LogP contribution >= 0.6 is 0 Å². The highest BCUT2D eigenvalue weighted by Crippen LogP contribution is 2.30. The van der Waals surface area contributed by atoms with Gasteiger partial charge in [-0.3, -0.25) is 4.79 Å². The van der Waals surface area contributed by atoms with Gasteiger partial charge >= 0.3 is 6.09 Å². The highest BCUT2D eigenvalue weighted by Gasteiger charge is 2.42. The molecule has 102 valence electrons. The van der Waals surface area contributed by atoms with Crippen LogP contribution in [0.25, 0.3) is 0 Å². The second-order valence-electron chi connectivity index (χ2n) is 6.33. The van der Waals surface area contributed by atoms with Crippen molar-refractivity contribution in [3.8, 4) is 0 Å². The van der Waals surface area contributed by atoms with Crippen molar-refractivity contribution in [1.29, 1.82) is 0 Å². The van der Waals surface area contributed by atoms with Gasteiger partial charge in [-0.05, 0) is 40.0 Å². The Balaban J connectivity index is 1.99. The highest BCUT2D eigenvalue weighted by atomic mass is 16.6. The number of rotatable bonds is 0. The van der Waals surface area contributed by atoms with E-state index in [4.69, 9.17) is 4.74 Å². The predicted molar refractivity (Wildman–Crippen MR) is 67.1 cm³/mol. The van der Waals surface area contributed by atoms with Crippen molar-refractivity contribution in [3.63, 3.8) is 0 Å². The number of likely N-dealkylation sites (tertiary alicyclic amines) is 1. The Morgan fingerprint density at radius 2 is 2.11 bits per heavy atom. The number of ether oxygens (including phenoxy) is 1. The molecule has 1 atom stereocenters. The number of piperidine rings is 1. The van der Waals surface area contributed by atoms with Crippen LogP contribution in [0.3, 0.4) is 0 Å². The Morgan fingerprint density at radius 3 is 2.67 bits per heavy atom. The Hall–Kier alpha value is -1.26. The summed E-state index contributed by atoms with van der Waals surface area (Å²) in [5.74, 6) is 0.0982. The maximum atomic E-state index is 12.0. The van der Waals surface area contributed by atoms with E-state index in [-0.39, 0.29) is 17.5 Å². The lowest BCUT2D eigenvalue weighted by atomic mass is 9.88. The van der Waals surface area contributed by atoms with E-state index in [0.29, 0.717) is 19.5 Å². The molecule has 18 heavy (non-hydrogen) atoms. The van der Waals surface area contributed by atoms with Crippen LogP contribution in [0.15, 0.2) is 0 Å². The van der Waals surface area contributed by atoms with Gasteiger partial charge in [0, 0.05) is 19.5 Å². The van der Waals surface area contributed by atoms with Crippen LogP contribution in [0, 0.1) is 0 Å². The van der Waals surface area contributed by atoms with Crippen molar-refractivity contribution in [2.45, 2.75) is 57.6 Å². The van der Waals surface area contributed by atoms with Crippen molar-refractivity contribution >= 4 is 12.0 Å². The maximum Gasteiger partial charge on any atom is 0.410 e. The molecule has 5 heteroatoms. The normalized spacial score (nSPS) is 28.4. The lowest BCUT2D eigenvalue weighted by molar-refractivity contribution is -0.120. The standard InChI is InChI=1S/C13H22N2O3/c1-12(2,3)18-11(17)15-8-4-6-13(9-15)7-5-10(16)14-13/h4-9H2,1-3H3,(H,14,16)/t13-/m0/s1. The van der Waals surface area contributed by atoms with Crippen LogP contribution in [-0.4, -0.2) is 41.1 Å². The first-order valence-electron chi connectivity index (χ1n) is 6.59. The summed E-state index contributed by atoms with van der Waals surface area (Å²) >= 11 is 0. The average molecular weight is 254 g/mol. The zero-order chi connectivity index (χ0) is 13.4. The van der Waals surface area contributed by atoms with Gasteiger partial charge in [0.25, 0.3) is 0 Å². The third-order valence-electron chi connectivity index (χ3n) is 3.46. The van der Waals surface area contributed by atoms with Crippen molar-refractivity contribution in [3.05, 3.63) is 0 Å². The first-order chi connectivity index (χ1) is 8.30. The summed E-state index contributed by atoms with van der Waals surface area (Å²) in [6, 6.07) is 0. The van der Waals surface area contributed by atoms with Gasteiger partial charge in [0.2, 0.25) is 5.91 Å². The number of nitrogens with one attached hydrogen (secondary N) is 1. The van der Waals surface area contributed by atoms with Gasteiger partial charge in [-0.2, -0.15) is 0 Å². The molecular weight excluding hydrogens is 232 g/mol. The molecule has 2 rings (SSSR count). The number of carbonyl (C=O) groups excluding carboxylic acids is 2. The second kappa shape index (κ2) is 4.44. The van der Waals surface area contributed by atoms with Crippen LogP contribution in [0.2, 0.25) is 0 Å². The van der Waals surface area contributed by atoms with Crippen molar-refractivity contribution in [2.24, 2.45) is 0 Å². The Labute approximate surface area is 108 Å². The van der Waals surface area contributed by atoms with Gasteiger partial charge in [-0.1, -0.05) is 0 Å². The molecule has 2 amide bonds. The van der Waals surface area contributed by atoms with E-state index in [1.54, 1.807) is 4.90 Å². The Morgan fingerprint density at radius 1 is 1.39 bits per heavy atom. The molecule has 2 aliphatic heterocycles. The van der Waals surface area contributed by atoms with E-state index >= 15 is 0 Å². The molecule has 0 unspecified atom stereocenters. The number of nitrogens with zero attached hydrogens (tertiary/aromatic N) is 1. The smallest absolute Gasteiger partial charge is 0.410 e. The third kappa shape index (κ3) is 2.94. The van der Waals surface area contributed by atoms with Crippen molar-refractivity contribution in [2.75, 3.05) is 13.1 Å². The number of carbonyl (C=O) groups is 2. The third-order valence-corrected chi connectivity index (χ3v) is 3.46. The van der Waals surface area contributed by atoms with E-state index in [1.165, 1.54) is 0 Å². The average Bonchev–Trinajstić information content (AvgIpc) is 2.57. The van der Waals surface area contributed by atoms with Gasteiger partial charge in [-0.15, -0.1) is 0 Å². The molecular formula is C13H22N2O3. The molecule has 0 radical (unpaired) electrons. The minimum atomic E-state index is -0.472. The van der Waals surface area contributed by atoms with E-state index in [0.717, 1.165) is 19.3 Å². The zero-order valence-electron chi connectivity index (χ0n) is 11.4. The molecule has 0 bridgehead atoms. The van der Waals surface area contributed by atoms with Crippen molar-refractivity contribution in [1.82, 2.24) is 10.2 Å². The minimum absolute atomic E-state index is 0.0982. The summed E-state index contributed by atoms with van der Waals surface area (Å²) in [5, 5.41) is 3.03. The molecule has 2 heterocycles. The predicted octanol–water partition coefficient (Wildman–Crippen LogP) is 1.67. The minimum Gasteiger partial charge on any atom is -0.444 e. The fourth-order valence-corrected chi connectivity index (χ4v) is 2.69. The molecule has 0 saturated carbocycles. The Bertz CT molecular complexity index is 362. The van der Waals surface area contributed by atoms with Crippen LogP contribution < -0.4 is 5.32 Å². The summed E-state index contributed by atoms with van der Waals surface area (Å²) in [6.45, 7) is 6.88. The summed E-state index contributed by atoms with van der Waals surface area (Å²) in [4.78, 5) is 25.1. The molecule has 0 aliphatic carbocycles. The van der Waals surface area contributed by atoms with Gasteiger partial charge in [0.15, 0.2) is 0 Å². The fraction of sp³-hybridized carbons (Fsp3) is 0.846. The first-order valence-corrected chi connectivity index (χ1v) is 6.59. The lowest BCUT2D eigenvalue weighted by Crippen LogP contribution is -2.56.